The van der Waals surface area contributed by atoms with Crippen LogP contribution in [0.25, 0.3) is 10.9 Å². The quantitative estimate of drug-likeness (QED) is 0.827. The first-order valence-corrected chi connectivity index (χ1v) is 9.92. The third-order valence-corrected chi connectivity index (χ3v) is 5.37. The van der Waals surface area contributed by atoms with Crippen molar-refractivity contribution in [2.24, 2.45) is 0 Å². The third kappa shape index (κ3) is 3.46. The molecule has 1 aromatic heterocycles. The van der Waals surface area contributed by atoms with Crippen LogP contribution in [-0.2, 0) is 9.59 Å². The lowest BCUT2D eigenvalue weighted by atomic mass is 10.1. The summed E-state index contributed by atoms with van der Waals surface area (Å²) in [4.78, 5) is 43.2. The van der Waals surface area contributed by atoms with Crippen LogP contribution in [0.2, 0.25) is 0 Å². The Bertz CT molecular complexity index is 882. The first kappa shape index (κ1) is 18.4. The molecule has 1 aromatic carbocycles. The van der Waals surface area contributed by atoms with Crippen molar-refractivity contribution in [3.8, 4) is 0 Å². The summed E-state index contributed by atoms with van der Waals surface area (Å²) in [7, 11) is 0. The number of amides is 1. The van der Waals surface area contributed by atoms with Gasteiger partial charge in [0.15, 0.2) is 0 Å². The van der Waals surface area contributed by atoms with E-state index < -0.39 is 18.1 Å². The molecule has 0 spiro atoms. The molecular formula is C18H21N3O4S. The molecule has 1 aliphatic rings. The number of likely N-dealkylation sites (tertiary alicyclic amines) is 1. The van der Waals surface area contributed by atoms with Crippen molar-refractivity contribution >= 4 is 34.5 Å². The van der Waals surface area contributed by atoms with Crippen LogP contribution in [0.5, 0.6) is 0 Å². The van der Waals surface area contributed by atoms with Crippen LogP contribution in [0, 0.1) is 0 Å². The Hall–Kier alpha value is -2.35. The van der Waals surface area contributed by atoms with Gasteiger partial charge >= 0.3 is 5.97 Å². The maximum absolute atomic E-state index is 13.1. The van der Waals surface area contributed by atoms with Crippen molar-refractivity contribution in [3.63, 3.8) is 0 Å². The number of carbonyl (C=O) groups excluding carboxylic acids is 1. The van der Waals surface area contributed by atoms with E-state index in [4.69, 9.17) is 0 Å². The van der Waals surface area contributed by atoms with Crippen molar-refractivity contribution in [1.82, 2.24) is 14.5 Å². The molecule has 1 N–H and O–H groups in total. The Morgan fingerprint density at radius 2 is 2.15 bits per heavy atom. The first-order valence-electron chi connectivity index (χ1n) is 8.52. The minimum atomic E-state index is -0.997. The fraction of sp³-hybridized carbons (Fsp3) is 0.444. The monoisotopic (exact) mass is 375 g/mol. The number of aliphatic carboxylic acids is 1. The van der Waals surface area contributed by atoms with Crippen molar-refractivity contribution < 1.29 is 14.7 Å². The number of para-hydroxylation sites is 1. The lowest BCUT2D eigenvalue weighted by Crippen LogP contribution is -2.45. The standard InChI is InChI=1S/C18H21N3O4S/c1-26-10-8-14(17(23)20-9-4-7-15(20)18(24)25)21-11-19-13-6-3-2-5-12(13)16(21)22/h2-3,5-6,11,14-15H,4,7-10H2,1H3,(H,24,25). The van der Waals surface area contributed by atoms with Gasteiger partial charge in [-0.2, -0.15) is 11.8 Å². The minimum absolute atomic E-state index is 0.277. The number of rotatable bonds is 6. The van der Waals surface area contributed by atoms with E-state index in [9.17, 15) is 19.5 Å². The highest BCUT2D eigenvalue weighted by Gasteiger charge is 2.37. The molecule has 1 aliphatic heterocycles. The molecule has 0 radical (unpaired) electrons. The molecule has 7 nitrogen and oxygen atoms in total. The van der Waals surface area contributed by atoms with Gasteiger partial charge in [0.25, 0.3) is 5.56 Å². The van der Waals surface area contributed by atoms with Crippen LogP contribution >= 0.6 is 11.8 Å². The second-order valence-electron chi connectivity index (χ2n) is 6.30. The number of nitrogens with zero attached hydrogens (tertiary/aromatic N) is 3. The molecule has 1 saturated heterocycles. The normalized spacial score (nSPS) is 18.2. The molecule has 3 rings (SSSR count). The molecule has 1 amide bonds. The van der Waals surface area contributed by atoms with E-state index >= 15 is 0 Å². The van der Waals surface area contributed by atoms with Gasteiger partial charge in [-0.05, 0) is 43.4 Å². The van der Waals surface area contributed by atoms with Gasteiger partial charge in [-0.3, -0.25) is 14.2 Å². The molecule has 1 fully saturated rings. The summed E-state index contributed by atoms with van der Waals surface area (Å²) in [6.45, 7) is 0.404. The molecule has 138 valence electrons. The summed E-state index contributed by atoms with van der Waals surface area (Å²) in [5.74, 6) is -0.632. The number of carboxylic acid groups (broad SMARTS) is 1. The van der Waals surface area contributed by atoms with Gasteiger partial charge in [0.2, 0.25) is 5.91 Å². The number of hydrogen-bond donors (Lipinski definition) is 1. The first-order chi connectivity index (χ1) is 12.5. The zero-order chi connectivity index (χ0) is 18.7. The summed E-state index contributed by atoms with van der Waals surface area (Å²) < 4.78 is 1.36. The predicted molar refractivity (Wildman–Crippen MR) is 100 cm³/mol. The maximum atomic E-state index is 13.1. The zero-order valence-corrected chi connectivity index (χ0v) is 15.3. The van der Waals surface area contributed by atoms with Crippen LogP contribution in [0.3, 0.4) is 0 Å². The highest BCUT2D eigenvalue weighted by Crippen LogP contribution is 2.24. The molecule has 2 unspecified atom stereocenters. The van der Waals surface area contributed by atoms with Gasteiger partial charge in [-0.25, -0.2) is 9.78 Å². The molecule has 0 aliphatic carbocycles. The Labute approximate surface area is 155 Å². The van der Waals surface area contributed by atoms with E-state index in [0.717, 1.165) is 0 Å². The highest BCUT2D eigenvalue weighted by atomic mass is 32.2. The fourth-order valence-electron chi connectivity index (χ4n) is 3.39. The molecule has 2 atom stereocenters. The van der Waals surface area contributed by atoms with Gasteiger partial charge in [0.05, 0.1) is 17.2 Å². The van der Waals surface area contributed by atoms with E-state index in [2.05, 4.69) is 4.98 Å². The Balaban J connectivity index is 2.01. The van der Waals surface area contributed by atoms with Crippen molar-refractivity contribution in [2.45, 2.75) is 31.3 Å². The number of fused-ring (bicyclic) bond motifs is 1. The van der Waals surface area contributed by atoms with Gasteiger partial charge in [-0.1, -0.05) is 12.1 Å². The van der Waals surface area contributed by atoms with Crippen LogP contribution in [0.15, 0.2) is 35.4 Å². The smallest absolute Gasteiger partial charge is 0.326 e. The lowest BCUT2D eigenvalue weighted by molar-refractivity contribution is -0.149. The summed E-state index contributed by atoms with van der Waals surface area (Å²) >= 11 is 1.58. The van der Waals surface area contributed by atoms with Crippen LogP contribution < -0.4 is 5.56 Å². The van der Waals surface area contributed by atoms with E-state index in [1.165, 1.54) is 15.8 Å². The minimum Gasteiger partial charge on any atom is -0.480 e. The largest absolute Gasteiger partial charge is 0.480 e. The fourth-order valence-corrected chi connectivity index (χ4v) is 3.85. The van der Waals surface area contributed by atoms with Gasteiger partial charge in [0, 0.05) is 6.54 Å². The number of benzene rings is 1. The van der Waals surface area contributed by atoms with Gasteiger partial charge in [0.1, 0.15) is 12.1 Å². The van der Waals surface area contributed by atoms with Crippen LogP contribution in [0.4, 0.5) is 0 Å². The van der Waals surface area contributed by atoms with E-state index in [1.54, 1.807) is 36.0 Å². The summed E-state index contributed by atoms with van der Waals surface area (Å²) in [5.41, 5.74) is 0.301. The molecule has 0 bridgehead atoms. The Kier molecular flexibility index (Phi) is 5.61. The van der Waals surface area contributed by atoms with Crippen LogP contribution in [0.1, 0.15) is 25.3 Å². The van der Waals surface area contributed by atoms with Gasteiger partial charge in [-0.15, -0.1) is 0 Å². The summed E-state index contributed by atoms with van der Waals surface area (Å²) in [6, 6.07) is 5.44. The van der Waals surface area contributed by atoms with E-state index in [-0.39, 0.29) is 11.5 Å². The number of hydrogen-bond acceptors (Lipinski definition) is 5. The third-order valence-electron chi connectivity index (χ3n) is 4.73. The zero-order valence-electron chi connectivity index (χ0n) is 14.5. The second-order valence-corrected chi connectivity index (χ2v) is 7.28. The number of thioether (sulfide) groups is 1. The molecule has 2 heterocycles. The molecule has 8 heteroatoms. The lowest BCUT2D eigenvalue weighted by Gasteiger charge is -2.27. The molecular weight excluding hydrogens is 354 g/mol. The van der Waals surface area contributed by atoms with Gasteiger partial charge < -0.3 is 10.0 Å². The Morgan fingerprint density at radius 3 is 2.88 bits per heavy atom. The number of carboxylic acids is 1. The number of aromatic nitrogens is 2. The average molecular weight is 375 g/mol. The molecule has 0 saturated carbocycles. The second kappa shape index (κ2) is 7.90. The highest BCUT2D eigenvalue weighted by molar-refractivity contribution is 7.98. The summed E-state index contributed by atoms with van der Waals surface area (Å²) in [5, 5.41) is 9.83. The van der Waals surface area contributed by atoms with Crippen molar-refractivity contribution in [3.05, 3.63) is 40.9 Å². The van der Waals surface area contributed by atoms with Crippen LogP contribution in [-0.4, -0.2) is 56.0 Å². The van der Waals surface area contributed by atoms with E-state index in [0.29, 0.717) is 42.5 Å². The Morgan fingerprint density at radius 1 is 1.38 bits per heavy atom. The van der Waals surface area contributed by atoms with Crippen molar-refractivity contribution in [2.75, 3.05) is 18.6 Å². The molecule has 2 aromatic rings. The maximum Gasteiger partial charge on any atom is 0.326 e. The van der Waals surface area contributed by atoms with E-state index in [1.807, 2.05) is 6.26 Å². The number of carbonyl (C=O) groups is 2. The topological polar surface area (TPSA) is 92.5 Å². The van der Waals surface area contributed by atoms with Crippen molar-refractivity contribution in [1.29, 1.82) is 0 Å². The SMILES string of the molecule is CSCCC(C(=O)N1CCCC1C(=O)O)n1cnc2ccccc2c1=O. The predicted octanol–water partition coefficient (Wildman–Crippen LogP) is 1.77. The summed E-state index contributed by atoms with van der Waals surface area (Å²) in [6.07, 6.45) is 4.88. The average Bonchev–Trinajstić information content (AvgIpc) is 3.13. The molecule has 26 heavy (non-hydrogen) atoms.